The number of aryl methyl sites for hydroxylation is 1. The fraction of sp³-hybridized carbons (Fsp3) is 0.471. The predicted octanol–water partition coefficient (Wildman–Crippen LogP) is 0.953. The Morgan fingerprint density at radius 1 is 1.40 bits per heavy atom. The first-order valence-electron chi connectivity index (χ1n) is 8.21. The molecule has 2 amide bonds. The molecule has 8 heteroatoms. The summed E-state index contributed by atoms with van der Waals surface area (Å²) >= 11 is 1.43. The van der Waals surface area contributed by atoms with Crippen LogP contribution in [0.25, 0.3) is 10.2 Å². The lowest BCUT2D eigenvalue weighted by atomic mass is 9.95. The molecule has 134 valence electrons. The van der Waals surface area contributed by atoms with Crippen molar-refractivity contribution in [2.45, 2.75) is 19.4 Å². The van der Waals surface area contributed by atoms with E-state index in [4.69, 9.17) is 0 Å². The van der Waals surface area contributed by atoms with Crippen molar-refractivity contribution in [2.75, 3.05) is 38.5 Å². The molecular weight excluding hydrogens is 338 g/mol. The Morgan fingerprint density at radius 2 is 2.16 bits per heavy atom. The minimum Gasteiger partial charge on any atom is -0.335 e. The Balaban J connectivity index is 1.51. The van der Waals surface area contributed by atoms with E-state index < -0.39 is 0 Å². The highest BCUT2D eigenvalue weighted by atomic mass is 32.1. The van der Waals surface area contributed by atoms with Crippen LogP contribution in [0.15, 0.2) is 18.2 Å². The van der Waals surface area contributed by atoms with Crippen LogP contribution in [0, 0.1) is 6.92 Å². The molecule has 1 fully saturated rings. The van der Waals surface area contributed by atoms with E-state index in [1.807, 2.05) is 25.1 Å². The number of carbonyl (C=O) groups is 2. The molecule has 25 heavy (non-hydrogen) atoms. The van der Waals surface area contributed by atoms with Gasteiger partial charge in [0.1, 0.15) is 0 Å². The number of anilines is 1. The average molecular weight is 361 g/mol. The fourth-order valence-electron chi connectivity index (χ4n) is 2.60. The number of likely N-dealkylation sites (N-methyl/N-ethyl adjacent to an activating group) is 1. The number of aromatic nitrogens is 1. The van der Waals surface area contributed by atoms with Crippen molar-refractivity contribution in [3.8, 4) is 0 Å². The van der Waals surface area contributed by atoms with Gasteiger partial charge >= 0.3 is 0 Å². The van der Waals surface area contributed by atoms with Crippen LogP contribution in [-0.2, 0) is 9.59 Å². The van der Waals surface area contributed by atoms with Gasteiger partial charge in [-0.2, -0.15) is 0 Å². The zero-order valence-electron chi connectivity index (χ0n) is 14.7. The van der Waals surface area contributed by atoms with Crippen molar-refractivity contribution >= 4 is 38.5 Å². The number of nitrogens with zero attached hydrogens (tertiary/aromatic N) is 2. The topological polar surface area (TPSA) is 86.4 Å². The highest BCUT2D eigenvalue weighted by Crippen LogP contribution is 2.26. The van der Waals surface area contributed by atoms with Crippen LogP contribution in [0.2, 0.25) is 0 Å². The molecule has 1 saturated heterocycles. The molecule has 2 heterocycles. The molecular formula is C17H23N5O2S. The van der Waals surface area contributed by atoms with Gasteiger partial charge in [0.05, 0.1) is 23.3 Å². The third-order valence-electron chi connectivity index (χ3n) is 4.29. The first-order chi connectivity index (χ1) is 11.8. The number of hydrogen-bond donors (Lipinski definition) is 3. The normalized spacial score (nSPS) is 15.6. The largest absolute Gasteiger partial charge is 0.335 e. The van der Waals surface area contributed by atoms with Crippen molar-refractivity contribution in [2.24, 2.45) is 0 Å². The highest BCUT2D eigenvalue weighted by molar-refractivity contribution is 7.22. The summed E-state index contributed by atoms with van der Waals surface area (Å²) in [4.78, 5) is 30.1. The molecule has 0 unspecified atom stereocenters. The Bertz CT molecular complexity index is 799. The number of amides is 2. The van der Waals surface area contributed by atoms with Gasteiger partial charge < -0.3 is 20.9 Å². The van der Waals surface area contributed by atoms with E-state index in [1.54, 1.807) is 7.05 Å². The second kappa shape index (κ2) is 7.07. The monoisotopic (exact) mass is 361 g/mol. The van der Waals surface area contributed by atoms with Crippen LogP contribution < -0.4 is 16.0 Å². The maximum atomic E-state index is 12.2. The highest BCUT2D eigenvalue weighted by Gasteiger charge is 2.31. The van der Waals surface area contributed by atoms with Crippen LogP contribution in [0.4, 0.5) is 5.13 Å². The van der Waals surface area contributed by atoms with E-state index in [2.05, 4.69) is 27.9 Å². The minimum atomic E-state index is -0.247. The lowest BCUT2D eigenvalue weighted by Gasteiger charge is -2.40. The zero-order chi connectivity index (χ0) is 18.0. The van der Waals surface area contributed by atoms with Gasteiger partial charge in [0, 0.05) is 25.7 Å². The summed E-state index contributed by atoms with van der Waals surface area (Å²) in [6, 6.07) is 5.97. The third kappa shape index (κ3) is 4.33. The molecule has 7 nitrogen and oxygen atoms in total. The summed E-state index contributed by atoms with van der Waals surface area (Å²) in [5, 5.41) is 9.73. The molecule has 1 aliphatic heterocycles. The Kier molecular flexibility index (Phi) is 5.03. The summed E-state index contributed by atoms with van der Waals surface area (Å²) in [6.07, 6.45) is 0. The van der Waals surface area contributed by atoms with Crippen LogP contribution in [-0.4, -0.2) is 60.5 Å². The molecule has 0 aliphatic carbocycles. The molecule has 0 spiro atoms. The van der Waals surface area contributed by atoms with E-state index in [9.17, 15) is 9.59 Å². The van der Waals surface area contributed by atoms with Crippen molar-refractivity contribution in [1.82, 2.24) is 20.5 Å². The van der Waals surface area contributed by atoms with Gasteiger partial charge in [0.2, 0.25) is 11.8 Å². The Hall–Kier alpha value is -2.03. The number of benzene rings is 1. The van der Waals surface area contributed by atoms with E-state index >= 15 is 0 Å². The lowest BCUT2D eigenvalue weighted by Crippen LogP contribution is -2.66. The number of fused-ring (bicyclic) bond motifs is 1. The van der Waals surface area contributed by atoms with Gasteiger partial charge in [-0.3, -0.25) is 9.59 Å². The van der Waals surface area contributed by atoms with Crippen molar-refractivity contribution in [1.29, 1.82) is 0 Å². The van der Waals surface area contributed by atoms with Gasteiger partial charge in [-0.05, 0) is 31.5 Å². The van der Waals surface area contributed by atoms with Crippen LogP contribution >= 0.6 is 11.3 Å². The van der Waals surface area contributed by atoms with Crippen LogP contribution in [0.5, 0.6) is 0 Å². The summed E-state index contributed by atoms with van der Waals surface area (Å²) in [6.45, 7) is 6.01. The second-order valence-corrected chi connectivity index (χ2v) is 7.84. The summed E-state index contributed by atoms with van der Waals surface area (Å²) in [5.74, 6) is -0.355. The van der Waals surface area contributed by atoms with Crippen molar-refractivity contribution in [3.63, 3.8) is 0 Å². The maximum absolute atomic E-state index is 12.2. The SMILES string of the molecule is Cc1ccc2nc(NC(=O)CN(C)C(=O)CNC3(C)CNC3)sc2c1. The molecule has 0 saturated carbocycles. The van der Waals surface area contributed by atoms with Crippen LogP contribution in [0.3, 0.4) is 0 Å². The number of rotatable bonds is 6. The molecule has 2 aromatic rings. The van der Waals surface area contributed by atoms with Crippen molar-refractivity contribution in [3.05, 3.63) is 23.8 Å². The molecule has 3 rings (SSSR count). The summed E-state index contributed by atoms with van der Waals surface area (Å²) < 4.78 is 1.03. The van der Waals surface area contributed by atoms with Crippen LogP contribution in [0.1, 0.15) is 12.5 Å². The zero-order valence-corrected chi connectivity index (χ0v) is 15.5. The van der Waals surface area contributed by atoms with Gasteiger partial charge in [-0.1, -0.05) is 17.4 Å². The van der Waals surface area contributed by atoms with E-state index in [0.717, 1.165) is 28.9 Å². The molecule has 1 aromatic carbocycles. The van der Waals surface area contributed by atoms with Gasteiger partial charge in [0.15, 0.2) is 5.13 Å². The average Bonchev–Trinajstić information content (AvgIpc) is 2.91. The fourth-order valence-corrected chi connectivity index (χ4v) is 3.58. The number of carbonyl (C=O) groups excluding carboxylic acids is 2. The lowest BCUT2D eigenvalue weighted by molar-refractivity contribution is -0.132. The number of hydrogen-bond acceptors (Lipinski definition) is 6. The van der Waals surface area contributed by atoms with E-state index in [1.165, 1.54) is 16.2 Å². The van der Waals surface area contributed by atoms with Gasteiger partial charge in [0.25, 0.3) is 0 Å². The number of thiazole rings is 1. The molecule has 0 atom stereocenters. The smallest absolute Gasteiger partial charge is 0.245 e. The van der Waals surface area contributed by atoms with E-state index in [0.29, 0.717) is 5.13 Å². The number of nitrogens with one attached hydrogen (secondary N) is 3. The molecule has 1 aliphatic rings. The Labute approximate surface area is 150 Å². The standard InChI is InChI=1S/C17H23N5O2S/c1-11-4-5-12-13(6-11)25-16(20-12)21-14(23)8-22(3)15(24)7-19-17(2)9-18-10-17/h4-6,18-19H,7-10H2,1-3H3,(H,20,21,23). The Morgan fingerprint density at radius 3 is 2.84 bits per heavy atom. The molecule has 0 bridgehead atoms. The first-order valence-corrected chi connectivity index (χ1v) is 9.03. The van der Waals surface area contributed by atoms with E-state index in [-0.39, 0.29) is 30.4 Å². The predicted molar refractivity (Wildman–Crippen MR) is 99.9 cm³/mol. The molecule has 1 aromatic heterocycles. The third-order valence-corrected chi connectivity index (χ3v) is 5.23. The molecule has 0 radical (unpaired) electrons. The summed E-state index contributed by atoms with van der Waals surface area (Å²) in [7, 11) is 1.63. The second-order valence-electron chi connectivity index (χ2n) is 6.81. The van der Waals surface area contributed by atoms with Gasteiger partial charge in [-0.15, -0.1) is 0 Å². The quantitative estimate of drug-likeness (QED) is 0.713. The first kappa shape index (κ1) is 17.8. The molecule has 3 N–H and O–H groups in total. The maximum Gasteiger partial charge on any atom is 0.245 e. The van der Waals surface area contributed by atoms with Crippen molar-refractivity contribution < 1.29 is 9.59 Å². The summed E-state index contributed by atoms with van der Waals surface area (Å²) in [5.41, 5.74) is 1.99. The van der Waals surface area contributed by atoms with Gasteiger partial charge in [-0.25, -0.2) is 4.98 Å². The minimum absolute atomic E-state index is 0.00440.